The van der Waals surface area contributed by atoms with Crippen molar-refractivity contribution in [3.63, 3.8) is 0 Å². The Morgan fingerprint density at radius 1 is 0.365 bits per heavy atom. The predicted molar refractivity (Wildman–Crippen MR) is 279 cm³/mol. The van der Waals surface area contributed by atoms with Crippen molar-refractivity contribution in [1.82, 2.24) is 0 Å². The molecule has 382 valence electrons. The standard InChI is InChI=1S/C58H54O16/c1-5-7-25-69-41-27-33-17-9-11-19-35(33)47(53(41)71-29-43(59)60)51-39-23-15-13-21-37(39)49(55(67-3)57(51)73-31-45(63)64)50-38-22-14-16-24-40(38)52(58(56(50)68-4)74-32-46(65)66)48-36-20-12-10-18-34(36)28-42(70-26-8-6-2)54(48)72-30-44(61)62/h9-24,27-28H,5-8,25-26,29-32H2,1-4H3,(H,59,60)(H,61,62)(H,63,64)(H,65,66). The highest BCUT2D eigenvalue weighted by Gasteiger charge is 2.35. The zero-order valence-electron chi connectivity index (χ0n) is 41.2. The van der Waals surface area contributed by atoms with E-state index in [1.165, 1.54) is 14.2 Å². The van der Waals surface area contributed by atoms with Crippen molar-refractivity contribution in [2.75, 3.05) is 53.9 Å². The average Bonchev–Trinajstić information content (AvgIpc) is 3.42. The minimum absolute atomic E-state index is 0.00756. The Morgan fingerprint density at radius 3 is 0.932 bits per heavy atom. The van der Waals surface area contributed by atoms with Crippen LogP contribution in [0.15, 0.2) is 109 Å². The molecule has 0 aliphatic carbocycles. The third kappa shape index (κ3) is 10.4. The SMILES string of the molecule is CCCCOc1cc2ccccc2c(-c2c(OCC(=O)O)c(OC)c(-c3c(OC)c(OCC(=O)O)c(-c4c(OCC(=O)O)c(OCCCC)cc5ccccc45)c4ccccc34)c3ccccc23)c1OCC(=O)O. The second-order valence-corrected chi connectivity index (χ2v) is 17.0. The Kier molecular flexibility index (Phi) is 16.1. The fraction of sp³-hybridized carbons (Fsp3) is 0.241. The molecular weight excluding hydrogens is 953 g/mol. The van der Waals surface area contributed by atoms with Gasteiger partial charge < -0.3 is 58.3 Å². The van der Waals surface area contributed by atoms with Crippen LogP contribution in [0.3, 0.4) is 0 Å². The largest absolute Gasteiger partial charge is 0.492 e. The molecule has 0 radical (unpaired) electrons. The fourth-order valence-corrected chi connectivity index (χ4v) is 9.23. The summed E-state index contributed by atoms with van der Waals surface area (Å²) in [5, 5.41) is 45.0. The molecule has 16 nitrogen and oxygen atoms in total. The van der Waals surface area contributed by atoms with Crippen LogP contribution in [0.4, 0.5) is 0 Å². The maximum Gasteiger partial charge on any atom is 0.341 e. The van der Waals surface area contributed by atoms with E-state index in [0.717, 1.165) is 12.8 Å². The summed E-state index contributed by atoms with van der Waals surface area (Å²) < 4.78 is 50.7. The molecule has 0 saturated heterocycles. The second-order valence-electron chi connectivity index (χ2n) is 17.0. The lowest BCUT2D eigenvalue weighted by atomic mass is 9.83. The second kappa shape index (κ2) is 23.1. The van der Waals surface area contributed by atoms with Crippen LogP contribution in [-0.4, -0.2) is 98.2 Å². The zero-order chi connectivity index (χ0) is 52.5. The van der Waals surface area contributed by atoms with Gasteiger partial charge in [-0.15, -0.1) is 0 Å². The van der Waals surface area contributed by atoms with Gasteiger partial charge in [0, 0.05) is 33.4 Å². The first-order valence-corrected chi connectivity index (χ1v) is 23.9. The van der Waals surface area contributed by atoms with Crippen LogP contribution in [0.1, 0.15) is 39.5 Å². The molecule has 4 N–H and O–H groups in total. The molecule has 0 aliphatic heterocycles. The predicted octanol–water partition coefficient (Wildman–Crippen LogP) is 11.5. The molecule has 0 unspecified atom stereocenters. The Hall–Kier alpha value is -8.92. The first kappa shape index (κ1) is 51.4. The molecule has 0 atom stereocenters. The number of carbonyl (C=O) groups is 4. The minimum atomic E-state index is -1.32. The number of hydrogen-bond donors (Lipinski definition) is 4. The van der Waals surface area contributed by atoms with Crippen molar-refractivity contribution in [3.8, 4) is 79.4 Å². The summed E-state index contributed by atoms with van der Waals surface area (Å²) in [6.45, 7) is 1.34. The van der Waals surface area contributed by atoms with Gasteiger partial charge in [0.2, 0.25) is 0 Å². The number of fused-ring (bicyclic) bond motifs is 4. The van der Waals surface area contributed by atoms with Gasteiger partial charge in [0.05, 0.1) is 27.4 Å². The van der Waals surface area contributed by atoms with E-state index in [2.05, 4.69) is 0 Å². The van der Waals surface area contributed by atoms with E-state index in [1.807, 2.05) is 74.5 Å². The zero-order valence-corrected chi connectivity index (χ0v) is 41.2. The number of methoxy groups -OCH3 is 2. The summed E-state index contributed by atoms with van der Waals surface area (Å²) in [7, 11) is 2.78. The third-order valence-electron chi connectivity index (χ3n) is 12.2. The van der Waals surface area contributed by atoms with Gasteiger partial charge >= 0.3 is 23.9 Å². The molecule has 0 amide bonds. The van der Waals surface area contributed by atoms with Crippen molar-refractivity contribution in [2.45, 2.75) is 39.5 Å². The summed E-state index contributed by atoms with van der Waals surface area (Å²) in [6.07, 6.45) is 2.97. The van der Waals surface area contributed by atoms with E-state index in [1.54, 1.807) is 48.5 Å². The van der Waals surface area contributed by atoms with Gasteiger partial charge in [-0.3, -0.25) is 0 Å². The monoisotopic (exact) mass is 1010 g/mol. The molecule has 0 spiro atoms. The molecular formula is C58H54O16. The van der Waals surface area contributed by atoms with Crippen LogP contribution < -0.4 is 37.9 Å². The molecule has 0 fully saturated rings. The first-order chi connectivity index (χ1) is 35.9. The lowest BCUT2D eigenvalue weighted by molar-refractivity contribution is -0.140. The highest BCUT2D eigenvalue weighted by molar-refractivity contribution is 6.22. The van der Waals surface area contributed by atoms with E-state index in [9.17, 15) is 39.6 Å². The van der Waals surface area contributed by atoms with Crippen molar-refractivity contribution in [3.05, 3.63) is 109 Å². The number of hydrogen-bond acceptors (Lipinski definition) is 12. The lowest BCUT2D eigenvalue weighted by Gasteiger charge is -2.27. The van der Waals surface area contributed by atoms with Crippen molar-refractivity contribution in [2.24, 2.45) is 0 Å². The van der Waals surface area contributed by atoms with Crippen LogP contribution in [0.2, 0.25) is 0 Å². The highest BCUT2D eigenvalue weighted by atomic mass is 16.6. The number of ether oxygens (including phenoxy) is 8. The Balaban J connectivity index is 1.58. The van der Waals surface area contributed by atoms with Gasteiger partial charge in [0.25, 0.3) is 0 Å². The van der Waals surface area contributed by atoms with Gasteiger partial charge in [-0.25, -0.2) is 19.2 Å². The van der Waals surface area contributed by atoms with E-state index in [0.29, 0.717) is 78.2 Å². The summed E-state index contributed by atoms with van der Waals surface area (Å²) in [4.78, 5) is 49.7. The average molecular weight is 1010 g/mol. The smallest absolute Gasteiger partial charge is 0.341 e. The van der Waals surface area contributed by atoms with Crippen molar-refractivity contribution in [1.29, 1.82) is 0 Å². The fourth-order valence-electron chi connectivity index (χ4n) is 9.23. The molecule has 0 bridgehead atoms. The molecule has 8 aromatic carbocycles. The Morgan fingerprint density at radius 2 is 0.635 bits per heavy atom. The number of rotatable bonds is 25. The molecule has 0 aliphatic rings. The number of aliphatic carboxylic acids is 4. The van der Waals surface area contributed by atoms with Gasteiger partial charge in [0.15, 0.2) is 72.4 Å². The van der Waals surface area contributed by atoms with Crippen LogP contribution in [0.5, 0.6) is 46.0 Å². The molecule has 8 rings (SSSR count). The van der Waals surface area contributed by atoms with Crippen LogP contribution in [0.25, 0.3) is 76.5 Å². The molecule has 0 heterocycles. The number of benzene rings is 8. The topological polar surface area (TPSA) is 223 Å². The Bertz CT molecular complexity index is 3210. The Labute approximate surface area is 425 Å². The molecule has 0 aromatic heterocycles. The number of carboxylic acids is 4. The van der Waals surface area contributed by atoms with Crippen LogP contribution >= 0.6 is 0 Å². The summed E-state index contributed by atoms with van der Waals surface area (Å²) in [5.41, 5.74) is 1.85. The van der Waals surface area contributed by atoms with Crippen molar-refractivity contribution < 1.29 is 77.5 Å². The number of unbranched alkanes of at least 4 members (excludes halogenated alkanes) is 2. The highest BCUT2D eigenvalue weighted by Crippen LogP contribution is 2.61. The summed E-state index contributed by atoms with van der Waals surface area (Å²) in [6, 6.07) is 32.6. The quantitative estimate of drug-likeness (QED) is 0.0391. The van der Waals surface area contributed by atoms with Gasteiger partial charge in [-0.2, -0.15) is 0 Å². The normalized spacial score (nSPS) is 11.1. The van der Waals surface area contributed by atoms with Gasteiger partial charge in [-0.05, 0) is 68.1 Å². The van der Waals surface area contributed by atoms with E-state index in [-0.39, 0.29) is 70.3 Å². The third-order valence-corrected chi connectivity index (χ3v) is 12.2. The van der Waals surface area contributed by atoms with Gasteiger partial charge in [-0.1, -0.05) is 124 Å². The summed E-state index contributed by atoms with van der Waals surface area (Å²) in [5.74, 6) is -4.66. The van der Waals surface area contributed by atoms with Crippen molar-refractivity contribution >= 4 is 67.0 Å². The maximum atomic E-state index is 12.6. The van der Waals surface area contributed by atoms with Crippen LogP contribution in [0, 0.1) is 0 Å². The lowest BCUT2D eigenvalue weighted by Crippen LogP contribution is -2.14. The summed E-state index contributed by atoms with van der Waals surface area (Å²) >= 11 is 0. The maximum absolute atomic E-state index is 12.6. The molecule has 74 heavy (non-hydrogen) atoms. The van der Waals surface area contributed by atoms with Gasteiger partial charge in [0.1, 0.15) is 0 Å². The van der Waals surface area contributed by atoms with E-state index < -0.39 is 50.3 Å². The minimum Gasteiger partial charge on any atom is -0.492 e. The molecule has 8 aromatic rings. The van der Waals surface area contributed by atoms with Crippen LogP contribution in [-0.2, 0) is 19.2 Å². The first-order valence-electron chi connectivity index (χ1n) is 23.9. The molecule has 0 saturated carbocycles. The number of carboxylic acid groups (broad SMARTS) is 4. The molecule has 16 heteroatoms. The van der Waals surface area contributed by atoms with E-state index >= 15 is 0 Å². The van der Waals surface area contributed by atoms with E-state index in [4.69, 9.17) is 37.9 Å².